The monoisotopic (exact) mass is 353 g/mol. The van der Waals surface area contributed by atoms with E-state index in [0.29, 0.717) is 18.0 Å². The van der Waals surface area contributed by atoms with Crippen LogP contribution in [-0.4, -0.2) is 38.3 Å². The third kappa shape index (κ3) is 3.56. The van der Waals surface area contributed by atoms with E-state index in [9.17, 15) is 0 Å². The third-order valence-corrected chi connectivity index (χ3v) is 5.57. The minimum atomic E-state index is 0.365. The number of benzene rings is 2. The summed E-state index contributed by atoms with van der Waals surface area (Å²) in [5.74, 6) is 2.26. The Bertz CT molecular complexity index is 715. The topological polar surface area (TPSA) is 45.8 Å². The molecule has 0 radical (unpaired) electrons. The SMILES string of the molecule is COc1cc(CN2CCC3NNC(c4ccccc4)C3C2)cc(OC)c1. The number of hydrogen-bond acceptors (Lipinski definition) is 5. The molecule has 5 nitrogen and oxygen atoms in total. The molecule has 138 valence electrons. The van der Waals surface area contributed by atoms with E-state index in [2.05, 4.69) is 58.2 Å². The number of methoxy groups -OCH3 is 2. The molecule has 26 heavy (non-hydrogen) atoms. The largest absolute Gasteiger partial charge is 0.497 e. The quantitative estimate of drug-likeness (QED) is 0.865. The van der Waals surface area contributed by atoms with Crippen molar-refractivity contribution in [2.45, 2.75) is 25.0 Å². The van der Waals surface area contributed by atoms with Crippen LogP contribution in [0.4, 0.5) is 0 Å². The summed E-state index contributed by atoms with van der Waals surface area (Å²) in [5.41, 5.74) is 9.62. The zero-order valence-electron chi connectivity index (χ0n) is 15.4. The van der Waals surface area contributed by atoms with Crippen molar-refractivity contribution < 1.29 is 9.47 Å². The standard InChI is InChI=1S/C21H27N3O2/c1-25-17-10-15(11-18(12-17)26-2)13-24-9-8-20-19(14-24)21(23-22-20)16-6-4-3-5-7-16/h3-7,10-12,19-23H,8-9,13-14H2,1-2H3. The molecular weight excluding hydrogens is 326 g/mol. The fraction of sp³-hybridized carbons (Fsp3) is 0.429. The van der Waals surface area contributed by atoms with Gasteiger partial charge in [0.25, 0.3) is 0 Å². The molecule has 2 aromatic rings. The third-order valence-electron chi connectivity index (χ3n) is 5.57. The van der Waals surface area contributed by atoms with Crippen molar-refractivity contribution in [3.63, 3.8) is 0 Å². The van der Waals surface area contributed by atoms with Gasteiger partial charge in [0.1, 0.15) is 11.5 Å². The maximum atomic E-state index is 5.41. The highest BCUT2D eigenvalue weighted by molar-refractivity contribution is 5.38. The Morgan fingerprint density at radius 2 is 1.73 bits per heavy atom. The molecule has 4 rings (SSSR count). The van der Waals surface area contributed by atoms with Gasteiger partial charge < -0.3 is 9.47 Å². The zero-order valence-corrected chi connectivity index (χ0v) is 15.4. The van der Waals surface area contributed by atoms with Crippen LogP contribution in [0.25, 0.3) is 0 Å². The van der Waals surface area contributed by atoms with Gasteiger partial charge >= 0.3 is 0 Å². The highest BCUT2D eigenvalue weighted by Crippen LogP contribution is 2.34. The first-order valence-corrected chi connectivity index (χ1v) is 9.27. The molecule has 2 fully saturated rings. The van der Waals surface area contributed by atoms with Crippen molar-refractivity contribution in [3.8, 4) is 11.5 Å². The molecule has 5 heteroatoms. The Morgan fingerprint density at radius 3 is 2.42 bits per heavy atom. The highest BCUT2D eigenvalue weighted by Gasteiger charge is 2.40. The van der Waals surface area contributed by atoms with Crippen LogP contribution in [0.15, 0.2) is 48.5 Å². The minimum Gasteiger partial charge on any atom is -0.497 e. The Balaban J connectivity index is 1.48. The van der Waals surface area contributed by atoms with Gasteiger partial charge in [-0.25, -0.2) is 5.43 Å². The molecule has 2 saturated heterocycles. The Kier molecular flexibility index (Phi) is 5.11. The number of hydrogen-bond donors (Lipinski definition) is 2. The van der Waals surface area contributed by atoms with E-state index < -0.39 is 0 Å². The lowest BCUT2D eigenvalue weighted by Crippen LogP contribution is -2.45. The van der Waals surface area contributed by atoms with Crippen LogP contribution in [0.3, 0.4) is 0 Å². The predicted octanol–water partition coefficient (Wildman–Crippen LogP) is 2.74. The first kappa shape index (κ1) is 17.3. The van der Waals surface area contributed by atoms with Gasteiger partial charge in [-0.1, -0.05) is 30.3 Å². The molecule has 0 bridgehead atoms. The second-order valence-corrected chi connectivity index (χ2v) is 7.19. The van der Waals surface area contributed by atoms with Crippen molar-refractivity contribution in [2.24, 2.45) is 5.92 Å². The first-order valence-electron chi connectivity index (χ1n) is 9.27. The second kappa shape index (κ2) is 7.66. The Hall–Kier alpha value is -2.08. The summed E-state index contributed by atoms with van der Waals surface area (Å²) in [5, 5.41) is 0. The molecule has 2 aliphatic heterocycles. The Morgan fingerprint density at radius 1 is 1.00 bits per heavy atom. The highest BCUT2D eigenvalue weighted by atomic mass is 16.5. The van der Waals surface area contributed by atoms with E-state index in [4.69, 9.17) is 9.47 Å². The van der Waals surface area contributed by atoms with Crippen molar-refractivity contribution in [3.05, 3.63) is 59.7 Å². The molecule has 0 saturated carbocycles. The maximum absolute atomic E-state index is 5.41. The van der Waals surface area contributed by atoms with E-state index in [-0.39, 0.29) is 0 Å². The zero-order chi connectivity index (χ0) is 17.9. The number of nitrogens with zero attached hydrogens (tertiary/aromatic N) is 1. The lowest BCUT2D eigenvalue weighted by Gasteiger charge is -2.36. The van der Waals surface area contributed by atoms with Crippen molar-refractivity contribution in [2.75, 3.05) is 27.3 Å². The normalized spacial score (nSPS) is 25.7. The average molecular weight is 353 g/mol. The number of ether oxygens (including phenoxy) is 2. The molecule has 3 atom stereocenters. The smallest absolute Gasteiger partial charge is 0.122 e. The number of fused-ring (bicyclic) bond motifs is 1. The van der Waals surface area contributed by atoms with E-state index in [1.54, 1.807) is 14.2 Å². The van der Waals surface area contributed by atoms with Crippen LogP contribution >= 0.6 is 0 Å². The van der Waals surface area contributed by atoms with Gasteiger partial charge in [0.05, 0.1) is 20.3 Å². The molecule has 0 amide bonds. The van der Waals surface area contributed by atoms with Gasteiger partial charge in [0, 0.05) is 37.7 Å². The van der Waals surface area contributed by atoms with Gasteiger partial charge in [-0.05, 0) is 29.7 Å². The average Bonchev–Trinajstić information content (AvgIpc) is 3.11. The summed E-state index contributed by atoms with van der Waals surface area (Å²) < 4.78 is 10.8. The lowest BCUT2D eigenvalue weighted by atomic mass is 9.85. The van der Waals surface area contributed by atoms with Crippen molar-refractivity contribution in [1.82, 2.24) is 15.8 Å². The minimum absolute atomic E-state index is 0.365. The summed E-state index contributed by atoms with van der Waals surface area (Å²) in [7, 11) is 3.40. The van der Waals surface area contributed by atoms with E-state index >= 15 is 0 Å². The summed E-state index contributed by atoms with van der Waals surface area (Å²) in [6.07, 6.45) is 1.15. The van der Waals surface area contributed by atoms with E-state index in [0.717, 1.165) is 37.6 Å². The van der Waals surface area contributed by atoms with E-state index in [1.165, 1.54) is 11.1 Å². The fourth-order valence-corrected chi connectivity index (χ4v) is 4.22. The summed E-state index contributed by atoms with van der Waals surface area (Å²) in [6, 6.07) is 17.8. The molecule has 0 aromatic heterocycles. The number of hydrazine groups is 1. The maximum Gasteiger partial charge on any atom is 0.122 e. The molecule has 2 aromatic carbocycles. The fourth-order valence-electron chi connectivity index (χ4n) is 4.22. The van der Waals surface area contributed by atoms with Crippen LogP contribution in [-0.2, 0) is 6.54 Å². The molecular formula is C21H27N3O2. The van der Waals surface area contributed by atoms with Gasteiger partial charge in [-0.2, -0.15) is 0 Å². The van der Waals surface area contributed by atoms with Crippen LogP contribution in [0.2, 0.25) is 0 Å². The molecule has 2 aliphatic rings. The van der Waals surface area contributed by atoms with E-state index in [1.807, 2.05) is 6.07 Å². The van der Waals surface area contributed by atoms with Crippen LogP contribution in [0, 0.1) is 5.92 Å². The molecule has 3 unspecified atom stereocenters. The molecule has 0 spiro atoms. The second-order valence-electron chi connectivity index (χ2n) is 7.19. The van der Waals surface area contributed by atoms with Crippen molar-refractivity contribution in [1.29, 1.82) is 0 Å². The number of nitrogens with one attached hydrogen (secondary N) is 2. The predicted molar refractivity (Wildman–Crippen MR) is 102 cm³/mol. The van der Waals surface area contributed by atoms with Crippen molar-refractivity contribution >= 4 is 0 Å². The molecule has 2 heterocycles. The summed E-state index contributed by atoms with van der Waals surface area (Å²) in [4.78, 5) is 2.54. The summed E-state index contributed by atoms with van der Waals surface area (Å²) in [6.45, 7) is 3.08. The molecule has 0 aliphatic carbocycles. The number of rotatable bonds is 5. The van der Waals surface area contributed by atoms with Crippen LogP contribution in [0.1, 0.15) is 23.6 Å². The van der Waals surface area contributed by atoms with Gasteiger partial charge in [-0.15, -0.1) is 0 Å². The van der Waals surface area contributed by atoms with Gasteiger partial charge in [0.2, 0.25) is 0 Å². The molecule has 2 N–H and O–H groups in total. The van der Waals surface area contributed by atoms with Gasteiger partial charge in [-0.3, -0.25) is 10.3 Å². The number of likely N-dealkylation sites (tertiary alicyclic amines) is 1. The lowest BCUT2D eigenvalue weighted by molar-refractivity contribution is 0.148. The number of piperidine rings is 1. The Labute approximate surface area is 155 Å². The van der Waals surface area contributed by atoms with Crippen LogP contribution < -0.4 is 20.3 Å². The van der Waals surface area contributed by atoms with Crippen LogP contribution in [0.5, 0.6) is 11.5 Å². The first-order chi connectivity index (χ1) is 12.8. The summed E-state index contributed by atoms with van der Waals surface area (Å²) >= 11 is 0. The van der Waals surface area contributed by atoms with Gasteiger partial charge in [0.15, 0.2) is 0 Å².